The van der Waals surface area contributed by atoms with Gasteiger partial charge in [0.25, 0.3) is 0 Å². The predicted octanol–water partition coefficient (Wildman–Crippen LogP) is 4.23. The Morgan fingerprint density at radius 2 is 1.88 bits per heavy atom. The number of hydrogen-bond acceptors (Lipinski definition) is 3. The average Bonchev–Trinajstić information content (AvgIpc) is 2.52. The SMILES string of the molecule is Cc1cc(Cl)cc(C(=NC=CCC(N)=O)c2ccc(Cl)cc2)c1O. The molecule has 0 atom stereocenters. The van der Waals surface area contributed by atoms with E-state index in [1.165, 1.54) is 6.20 Å². The molecule has 24 heavy (non-hydrogen) atoms. The van der Waals surface area contributed by atoms with Crippen molar-refractivity contribution in [3.05, 3.63) is 75.4 Å². The first-order chi connectivity index (χ1) is 11.4. The van der Waals surface area contributed by atoms with E-state index in [0.29, 0.717) is 26.9 Å². The Balaban J connectivity index is 2.55. The van der Waals surface area contributed by atoms with Crippen LogP contribution in [-0.4, -0.2) is 16.7 Å². The molecule has 6 heteroatoms. The number of benzene rings is 2. The van der Waals surface area contributed by atoms with Gasteiger partial charge in [-0.05, 0) is 36.8 Å². The van der Waals surface area contributed by atoms with Gasteiger partial charge in [0.1, 0.15) is 5.75 Å². The lowest BCUT2D eigenvalue weighted by Crippen LogP contribution is -2.08. The van der Waals surface area contributed by atoms with Crippen molar-refractivity contribution < 1.29 is 9.90 Å². The second-order valence-corrected chi connectivity index (χ2v) is 6.03. The number of primary amides is 1. The van der Waals surface area contributed by atoms with Gasteiger partial charge in [0.15, 0.2) is 0 Å². The molecule has 0 unspecified atom stereocenters. The number of phenolic OH excluding ortho intramolecular Hbond substituents is 1. The van der Waals surface area contributed by atoms with Gasteiger partial charge in [-0.3, -0.25) is 9.79 Å². The Labute approximate surface area is 150 Å². The normalized spacial score (nSPS) is 11.9. The molecule has 1 amide bonds. The highest BCUT2D eigenvalue weighted by molar-refractivity contribution is 6.32. The first kappa shape index (κ1) is 18.0. The fourth-order valence-corrected chi connectivity index (χ4v) is 2.52. The van der Waals surface area contributed by atoms with E-state index >= 15 is 0 Å². The minimum atomic E-state index is -0.448. The molecule has 2 aromatic carbocycles. The van der Waals surface area contributed by atoms with Crippen molar-refractivity contribution in [2.24, 2.45) is 10.7 Å². The van der Waals surface area contributed by atoms with Crippen molar-refractivity contribution in [2.45, 2.75) is 13.3 Å². The van der Waals surface area contributed by atoms with E-state index in [1.807, 2.05) is 0 Å². The number of carbonyl (C=O) groups is 1. The summed E-state index contributed by atoms with van der Waals surface area (Å²) in [6.07, 6.45) is 3.11. The molecule has 0 heterocycles. The summed E-state index contributed by atoms with van der Waals surface area (Å²) in [4.78, 5) is 15.2. The molecule has 0 aliphatic rings. The van der Waals surface area contributed by atoms with Gasteiger partial charge in [-0.25, -0.2) is 0 Å². The summed E-state index contributed by atoms with van der Waals surface area (Å²) >= 11 is 12.0. The van der Waals surface area contributed by atoms with Crippen LogP contribution in [0.3, 0.4) is 0 Å². The summed E-state index contributed by atoms with van der Waals surface area (Å²) < 4.78 is 0. The van der Waals surface area contributed by atoms with Crippen molar-refractivity contribution in [1.82, 2.24) is 0 Å². The van der Waals surface area contributed by atoms with Gasteiger partial charge in [-0.1, -0.05) is 41.4 Å². The Hall–Kier alpha value is -2.30. The van der Waals surface area contributed by atoms with Gasteiger partial charge in [0.05, 0.1) is 5.71 Å². The largest absolute Gasteiger partial charge is 0.507 e. The highest BCUT2D eigenvalue weighted by Crippen LogP contribution is 2.29. The number of hydrogen-bond donors (Lipinski definition) is 2. The zero-order chi connectivity index (χ0) is 17.7. The van der Waals surface area contributed by atoms with Gasteiger partial charge in [-0.15, -0.1) is 0 Å². The van der Waals surface area contributed by atoms with Crippen LogP contribution in [0.2, 0.25) is 10.0 Å². The molecule has 0 aliphatic carbocycles. The maximum absolute atomic E-state index is 10.8. The minimum absolute atomic E-state index is 0.0813. The third kappa shape index (κ3) is 4.60. The monoisotopic (exact) mass is 362 g/mol. The second-order valence-electron chi connectivity index (χ2n) is 5.16. The molecule has 2 rings (SSSR count). The molecule has 124 valence electrons. The van der Waals surface area contributed by atoms with Crippen LogP contribution in [0, 0.1) is 6.92 Å². The van der Waals surface area contributed by atoms with Crippen LogP contribution in [0.5, 0.6) is 5.75 Å². The fraction of sp³-hybridized carbons (Fsp3) is 0.111. The number of halogens is 2. The Morgan fingerprint density at radius 1 is 1.21 bits per heavy atom. The molecule has 3 N–H and O–H groups in total. The number of nitrogens with two attached hydrogens (primary N) is 1. The van der Waals surface area contributed by atoms with Gasteiger partial charge < -0.3 is 10.8 Å². The van der Waals surface area contributed by atoms with E-state index in [2.05, 4.69) is 4.99 Å². The van der Waals surface area contributed by atoms with Gasteiger partial charge in [-0.2, -0.15) is 0 Å². The summed E-state index contributed by atoms with van der Waals surface area (Å²) in [5.41, 5.74) is 7.49. The number of aromatic hydroxyl groups is 1. The number of nitrogens with zero attached hydrogens (tertiary/aromatic N) is 1. The van der Waals surface area contributed by atoms with Crippen molar-refractivity contribution in [2.75, 3.05) is 0 Å². The maximum Gasteiger partial charge on any atom is 0.221 e. The zero-order valence-corrected chi connectivity index (χ0v) is 14.5. The van der Waals surface area contributed by atoms with Crippen molar-refractivity contribution in [3.8, 4) is 5.75 Å². The molecule has 2 aromatic rings. The van der Waals surface area contributed by atoms with Crippen LogP contribution in [0.15, 0.2) is 53.7 Å². The first-order valence-corrected chi connectivity index (χ1v) is 7.90. The molecule has 0 saturated heterocycles. The van der Waals surface area contributed by atoms with Crippen LogP contribution in [0.1, 0.15) is 23.1 Å². The first-order valence-electron chi connectivity index (χ1n) is 7.15. The van der Waals surface area contributed by atoms with E-state index in [4.69, 9.17) is 28.9 Å². The minimum Gasteiger partial charge on any atom is -0.507 e. The summed E-state index contributed by atoms with van der Waals surface area (Å²) in [5.74, 6) is -0.354. The van der Waals surface area contributed by atoms with Crippen molar-refractivity contribution >= 4 is 34.8 Å². The molecule has 0 saturated carbocycles. The number of aryl methyl sites for hydroxylation is 1. The molecule has 0 radical (unpaired) electrons. The van der Waals surface area contributed by atoms with Crippen LogP contribution in [0.25, 0.3) is 0 Å². The van der Waals surface area contributed by atoms with Crippen molar-refractivity contribution in [3.63, 3.8) is 0 Å². The van der Waals surface area contributed by atoms with E-state index in [9.17, 15) is 9.90 Å². The van der Waals surface area contributed by atoms with Crippen LogP contribution < -0.4 is 5.73 Å². The average molecular weight is 363 g/mol. The predicted molar refractivity (Wildman–Crippen MR) is 97.9 cm³/mol. The summed E-state index contributed by atoms with van der Waals surface area (Å²) in [6.45, 7) is 1.76. The molecule has 0 aromatic heterocycles. The molecule has 4 nitrogen and oxygen atoms in total. The Morgan fingerprint density at radius 3 is 2.50 bits per heavy atom. The number of aliphatic imine (C=N–C) groups is 1. The Kier molecular flexibility index (Phi) is 6.01. The van der Waals surface area contributed by atoms with Gasteiger partial charge >= 0.3 is 0 Å². The van der Waals surface area contributed by atoms with Gasteiger partial charge in [0.2, 0.25) is 5.91 Å². The smallest absolute Gasteiger partial charge is 0.221 e. The summed E-state index contributed by atoms with van der Waals surface area (Å²) in [7, 11) is 0. The molecular weight excluding hydrogens is 347 g/mol. The standard InChI is InChI=1S/C18H16Cl2N2O2/c1-11-9-14(20)10-15(18(11)24)17(22-8-2-3-16(21)23)12-4-6-13(19)7-5-12/h2,4-10,24H,3H2,1H3,(H2,21,23). The number of carbonyl (C=O) groups excluding carboxylic acids is 1. The van der Waals surface area contributed by atoms with E-state index in [-0.39, 0.29) is 12.2 Å². The van der Waals surface area contributed by atoms with E-state index < -0.39 is 5.91 Å². The third-order valence-corrected chi connectivity index (χ3v) is 3.74. The molecule has 0 aliphatic heterocycles. The van der Waals surface area contributed by atoms with E-state index in [0.717, 1.165) is 5.56 Å². The third-order valence-electron chi connectivity index (χ3n) is 3.27. The Bertz CT molecular complexity index is 813. The van der Waals surface area contributed by atoms with Crippen molar-refractivity contribution in [1.29, 1.82) is 0 Å². The van der Waals surface area contributed by atoms with Gasteiger partial charge in [0, 0.05) is 33.8 Å². The van der Waals surface area contributed by atoms with Crippen LogP contribution >= 0.6 is 23.2 Å². The lowest BCUT2D eigenvalue weighted by Gasteiger charge is -2.11. The maximum atomic E-state index is 10.8. The highest BCUT2D eigenvalue weighted by Gasteiger charge is 2.14. The molecular formula is C18H16Cl2N2O2. The lowest BCUT2D eigenvalue weighted by molar-refractivity contribution is -0.117. The number of rotatable bonds is 5. The summed E-state index contributed by atoms with van der Waals surface area (Å²) in [5, 5.41) is 11.5. The van der Waals surface area contributed by atoms with Crippen LogP contribution in [0.4, 0.5) is 0 Å². The number of phenols is 1. The molecule has 0 fully saturated rings. The molecule has 0 spiro atoms. The topological polar surface area (TPSA) is 75.7 Å². The number of amides is 1. The fourth-order valence-electron chi connectivity index (χ4n) is 2.12. The highest BCUT2D eigenvalue weighted by atomic mass is 35.5. The summed E-state index contributed by atoms with van der Waals surface area (Å²) in [6, 6.07) is 10.3. The lowest BCUT2D eigenvalue weighted by atomic mass is 9.99. The quantitative estimate of drug-likeness (QED) is 0.780. The molecule has 0 bridgehead atoms. The van der Waals surface area contributed by atoms with Crippen LogP contribution in [-0.2, 0) is 4.79 Å². The second kappa shape index (κ2) is 7.99. The zero-order valence-electron chi connectivity index (χ0n) is 13.0. The van der Waals surface area contributed by atoms with E-state index in [1.54, 1.807) is 49.4 Å².